The van der Waals surface area contributed by atoms with Crippen LogP contribution in [0, 0.1) is 0 Å². The quantitative estimate of drug-likeness (QED) is 0.133. The number of hydrogen-bond donors (Lipinski definition) is 4. The van der Waals surface area contributed by atoms with Crippen molar-refractivity contribution in [2.75, 3.05) is 30.3 Å². The Morgan fingerprint density at radius 1 is 1.11 bits per heavy atom. The molecule has 12 nitrogen and oxygen atoms in total. The van der Waals surface area contributed by atoms with Gasteiger partial charge in [-0.3, -0.25) is 4.79 Å². The number of carboxylic acid groups (broad SMARTS) is 1. The minimum Gasteiger partial charge on any atom is -0.494 e. The van der Waals surface area contributed by atoms with E-state index in [4.69, 9.17) is 21.4 Å². The number of fused-ring (bicyclic) bond motifs is 1. The second-order valence-electron chi connectivity index (χ2n) is 11.9. The molecule has 1 aliphatic rings. The maximum Gasteiger partial charge on any atom is 0.304 e. The molecule has 4 aromatic rings. The van der Waals surface area contributed by atoms with Gasteiger partial charge in [-0.1, -0.05) is 23.7 Å². The summed E-state index contributed by atoms with van der Waals surface area (Å²) in [6.07, 6.45) is 4.86. The van der Waals surface area contributed by atoms with Gasteiger partial charge in [0, 0.05) is 42.6 Å². The summed E-state index contributed by atoms with van der Waals surface area (Å²) in [5.74, 6) is 0.239. The summed E-state index contributed by atoms with van der Waals surface area (Å²) in [7, 11) is -3.59. The summed E-state index contributed by atoms with van der Waals surface area (Å²) in [4.78, 5) is 22.1. The van der Waals surface area contributed by atoms with Crippen LogP contribution in [0.5, 0.6) is 11.6 Å². The Balaban J connectivity index is 1.43. The molecule has 4 N–H and O–H groups in total. The standard InChI is InChI=1S/C32H39ClN6O6S/c1-19(2)45-27-15-21-18-39(22-9-12-38(13-10-22)14-11-29(40)41)31(42)23(21)16-26(27)36-32-34-17-24(33)30(37-32)35-25-7-5-6-8-28(25)46(43,44)20(3)4/h5-8,15-20,22,42H,9-14H2,1-4H3,(H,40,41)(H2,34,35,36,37). The molecule has 0 saturated carbocycles. The second kappa shape index (κ2) is 13.7. The number of ether oxygens (including phenoxy) is 1. The zero-order valence-electron chi connectivity index (χ0n) is 26.2. The highest BCUT2D eigenvalue weighted by Gasteiger charge is 2.26. The molecule has 0 spiro atoms. The predicted octanol–water partition coefficient (Wildman–Crippen LogP) is 6.36. The number of benzene rings is 2. The van der Waals surface area contributed by atoms with Gasteiger partial charge in [-0.05, 0) is 64.8 Å². The molecule has 0 radical (unpaired) electrons. The van der Waals surface area contributed by atoms with Crippen molar-refractivity contribution in [3.63, 3.8) is 0 Å². The Bertz CT molecular complexity index is 1840. The number of nitrogens with zero attached hydrogens (tertiary/aromatic N) is 4. The number of halogens is 1. The summed E-state index contributed by atoms with van der Waals surface area (Å²) in [6, 6.07) is 10.3. The fraction of sp³-hybridized carbons (Fsp3) is 0.406. The second-order valence-corrected chi connectivity index (χ2v) is 14.8. The summed E-state index contributed by atoms with van der Waals surface area (Å²) in [5.41, 5.74) is 0.862. The molecule has 0 amide bonds. The van der Waals surface area contributed by atoms with Gasteiger partial charge in [0.15, 0.2) is 21.5 Å². The SMILES string of the molecule is CC(C)Oc1cc2cn(C3CCN(CCC(=O)O)CC3)c(O)c2cc1Nc1ncc(Cl)c(Nc2ccccc2S(=O)(=O)C(C)C)n1. The van der Waals surface area contributed by atoms with Crippen LogP contribution in [-0.4, -0.2) is 75.0 Å². The van der Waals surface area contributed by atoms with Gasteiger partial charge in [-0.15, -0.1) is 0 Å². The molecule has 3 heterocycles. The maximum absolute atomic E-state index is 13.0. The number of hydrogen-bond acceptors (Lipinski definition) is 10. The molecule has 0 unspecified atom stereocenters. The summed E-state index contributed by atoms with van der Waals surface area (Å²) < 4.78 is 34.0. The van der Waals surface area contributed by atoms with Crippen LogP contribution in [0.15, 0.2) is 53.7 Å². The van der Waals surface area contributed by atoms with Crippen LogP contribution in [0.25, 0.3) is 10.8 Å². The van der Waals surface area contributed by atoms with Crippen LogP contribution in [0.4, 0.5) is 23.1 Å². The zero-order chi connectivity index (χ0) is 33.2. The molecule has 46 heavy (non-hydrogen) atoms. The fourth-order valence-corrected chi connectivity index (χ4v) is 6.82. The van der Waals surface area contributed by atoms with Gasteiger partial charge >= 0.3 is 5.97 Å². The van der Waals surface area contributed by atoms with E-state index in [-0.39, 0.29) is 46.1 Å². The number of nitrogens with one attached hydrogen (secondary N) is 2. The third kappa shape index (κ3) is 7.32. The monoisotopic (exact) mass is 670 g/mol. The molecule has 2 aromatic carbocycles. The van der Waals surface area contributed by atoms with Crippen molar-refractivity contribution in [3.8, 4) is 11.6 Å². The van der Waals surface area contributed by atoms with Gasteiger partial charge in [0.1, 0.15) is 10.8 Å². The van der Waals surface area contributed by atoms with Gasteiger partial charge in [-0.2, -0.15) is 4.98 Å². The minimum atomic E-state index is -3.59. The number of carbonyl (C=O) groups is 1. The molecule has 2 aromatic heterocycles. The average Bonchev–Trinajstić information content (AvgIpc) is 3.32. The van der Waals surface area contributed by atoms with E-state index < -0.39 is 21.1 Å². The number of aromatic nitrogens is 3. The first-order valence-electron chi connectivity index (χ1n) is 15.2. The molecular formula is C32H39ClN6O6S. The highest BCUT2D eigenvalue weighted by atomic mass is 35.5. The first-order valence-corrected chi connectivity index (χ1v) is 17.1. The third-order valence-electron chi connectivity index (χ3n) is 7.93. The third-order valence-corrected chi connectivity index (χ3v) is 10.4. The summed E-state index contributed by atoms with van der Waals surface area (Å²) in [5, 5.41) is 27.6. The predicted molar refractivity (Wildman–Crippen MR) is 179 cm³/mol. The molecule has 1 saturated heterocycles. The van der Waals surface area contributed by atoms with Gasteiger partial charge in [0.05, 0.1) is 40.2 Å². The van der Waals surface area contributed by atoms with Crippen LogP contribution < -0.4 is 15.4 Å². The first-order chi connectivity index (χ1) is 21.8. The summed E-state index contributed by atoms with van der Waals surface area (Å²) >= 11 is 6.44. The lowest BCUT2D eigenvalue weighted by Gasteiger charge is -2.32. The van der Waals surface area contributed by atoms with Crippen molar-refractivity contribution in [2.45, 2.75) is 69.2 Å². The van der Waals surface area contributed by atoms with Crippen LogP contribution in [-0.2, 0) is 14.6 Å². The lowest BCUT2D eigenvalue weighted by Crippen LogP contribution is -2.35. The van der Waals surface area contributed by atoms with Gasteiger partial charge < -0.3 is 35.1 Å². The molecule has 14 heteroatoms. The number of likely N-dealkylation sites (tertiary alicyclic amines) is 1. The van der Waals surface area contributed by atoms with Gasteiger partial charge in [0.25, 0.3) is 0 Å². The van der Waals surface area contributed by atoms with E-state index in [1.165, 1.54) is 12.3 Å². The van der Waals surface area contributed by atoms with E-state index in [0.717, 1.165) is 31.3 Å². The normalized spacial score (nSPS) is 14.7. The number of aliphatic carboxylic acids is 1. The number of rotatable bonds is 12. The molecule has 246 valence electrons. The van der Waals surface area contributed by atoms with Crippen LogP contribution in [0.3, 0.4) is 0 Å². The van der Waals surface area contributed by atoms with Crippen molar-refractivity contribution in [2.24, 2.45) is 0 Å². The summed E-state index contributed by atoms with van der Waals surface area (Å²) in [6.45, 7) is 9.09. The number of piperidine rings is 1. The molecular weight excluding hydrogens is 632 g/mol. The Morgan fingerprint density at radius 3 is 2.50 bits per heavy atom. The molecule has 5 rings (SSSR count). The Hall–Kier alpha value is -4.07. The number of para-hydroxylation sites is 1. The number of anilines is 4. The Labute approximate surface area is 273 Å². The van der Waals surface area contributed by atoms with Crippen molar-refractivity contribution >= 4 is 61.3 Å². The molecule has 0 atom stereocenters. The van der Waals surface area contributed by atoms with Gasteiger partial charge in [-0.25, -0.2) is 13.4 Å². The number of aromatic hydroxyl groups is 1. The maximum atomic E-state index is 13.0. The van der Waals surface area contributed by atoms with Crippen LogP contribution in [0.2, 0.25) is 5.02 Å². The van der Waals surface area contributed by atoms with E-state index >= 15 is 0 Å². The minimum absolute atomic E-state index is 0.0648. The van der Waals surface area contributed by atoms with Crippen molar-refractivity contribution in [3.05, 3.63) is 53.8 Å². The number of sulfone groups is 1. The van der Waals surface area contributed by atoms with E-state index in [1.807, 2.05) is 30.7 Å². The Kier molecular flexibility index (Phi) is 9.94. The van der Waals surface area contributed by atoms with E-state index in [2.05, 4.69) is 25.5 Å². The highest BCUT2D eigenvalue weighted by molar-refractivity contribution is 7.92. The topological polar surface area (TPSA) is 159 Å². The van der Waals surface area contributed by atoms with Crippen molar-refractivity contribution in [1.82, 2.24) is 19.4 Å². The van der Waals surface area contributed by atoms with E-state index in [9.17, 15) is 18.3 Å². The lowest BCUT2D eigenvalue weighted by molar-refractivity contribution is -0.137. The highest BCUT2D eigenvalue weighted by Crippen LogP contribution is 2.40. The van der Waals surface area contributed by atoms with Crippen molar-refractivity contribution in [1.29, 1.82) is 0 Å². The van der Waals surface area contributed by atoms with Gasteiger partial charge in [0.2, 0.25) is 5.95 Å². The van der Waals surface area contributed by atoms with Crippen molar-refractivity contribution < 1.29 is 28.2 Å². The Morgan fingerprint density at radius 2 is 1.83 bits per heavy atom. The molecule has 0 aliphatic carbocycles. The lowest BCUT2D eigenvalue weighted by atomic mass is 10.0. The van der Waals surface area contributed by atoms with Crippen LogP contribution in [0.1, 0.15) is 53.0 Å². The van der Waals surface area contributed by atoms with E-state index in [1.54, 1.807) is 38.1 Å². The zero-order valence-corrected chi connectivity index (χ0v) is 27.8. The largest absolute Gasteiger partial charge is 0.494 e. The smallest absolute Gasteiger partial charge is 0.304 e. The fourth-order valence-electron chi connectivity index (χ4n) is 5.48. The number of carboxylic acids is 1. The molecule has 1 fully saturated rings. The molecule has 1 aliphatic heterocycles. The molecule has 0 bridgehead atoms. The first kappa shape index (κ1) is 33.3. The average molecular weight is 671 g/mol. The van der Waals surface area contributed by atoms with Crippen LogP contribution >= 0.6 is 11.6 Å². The van der Waals surface area contributed by atoms with E-state index in [0.29, 0.717) is 29.1 Å².